The number of rotatable bonds is 5. The van der Waals surface area contributed by atoms with E-state index in [1.165, 1.54) is 0 Å². The zero-order chi connectivity index (χ0) is 18.5. The van der Waals surface area contributed by atoms with E-state index in [9.17, 15) is 14.4 Å². The Hall–Kier alpha value is -2.17. The predicted octanol–water partition coefficient (Wildman–Crippen LogP) is 3.56. The van der Waals surface area contributed by atoms with Crippen molar-refractivity contribution >= 4 is 17.7 Å². The molecule has 0 spiro atoms. The molecule has 0 aromatic heterocycles. The zero-order valence-corrected chi connectivity index (χ0v) is 15.2. The standard InChI is InChI=1S/C19H26O5/c1-18(2,3)23-16(21)14(17(22)24-19(4,5)6)12-15(20)13-10-8-7-9-11-13/h7-11,14H,12H2,1-6H3. The molecular formula is C19H26O5. The third-order valence-electron chi connectivity index (χ3n) is 2.87. The largest absolute Gasteiger partial charge is 0.459 e. The van der Waals surface area contributed by atoms with Crippen LogP contribution in [-0.4, -0.2) is 28.9 Å². The van der Waals surface area contributed by atoms with Crippen molar-refractivity contribution in [3.8, 4) is 0 Å². The fourth-order valence-electron chi connectivity index (χ4n) is 1.94. The Morgan fingerprint density at radius 3 is 1.62 bits per heavy atom. The monoisotopic (exact) mass is 334 g/mol. The molecule has 0 bridgehead atoms. The highest BCUT2D eigenvalue weighted by atomic mass is 16.6. The van der Waals surface area contributed by atoms with Crippen molar-refractivity contribution in [1.29, 1.82) is 0 Å². The van der Waals surface area contributed by atoms with Crippen molar-refractivity contribution in [2.75, 3.05) is 0 Å². The first-order chi connectivity index (χ1) is 10.9. The van der Waals surface area contributed by atoms with Gasteiger partial charge in [-0.2, -0.15) is 0 Å². The third-order valence-corrected chi connectivity index (χ3v) is 2.87. The Morgan fingerprint density at radius 2 is 1.25 bits per heavy atom. The molecule has 0 atom stereocenters. The van der Waals surface area contributed by atoms with E-state index >= 15 is 0 Å². The molecule has 5 heteroatoms. The van der Waals surface area contributed by atoms with Gasteiger partial charge in [0, 0.05) is 12.0 Å². The van der Waals surface area contributed by atoms with Crippen LogP contribution in [-0.2, 0) is 19.1 Å². The highest BCUT2D eigenvalue weighted by Crippen LogP contribution is 2.20. The van der Waals surface area contributed by atoms with Crippen molar-refractivity contribution in [2.45, 2.75) is 59.2 Å². The Labute approximate surface area is 143 Å². The lowest BCUT2D eigenvalue weighted by molar-refractivity contribution is -0.174. The summed E-state index contributed by atoms with van der Waals surface area (Å²) in [6.07, 6.45) is -0.284. The summed E-state index contributed by atoms with van der Waals surface area (Å²) < 4.78 is 10.6. The van der Waals surface area contributed by atoms with E-state index in [2.05, 4.69) is 0 Å². The minimum absolute atomic E-state index is 0.284. The highest BCUT2D eigenvalue weighted by Gasteiger charge is 2.36. The van der Waals surface area contributed by atoms with Gasteiger partial charge in [-0.1, -0.05) is 30.3 Å². The lowest BCUT2D eigenvalue weighted by Crippen LogP contribution is -2.38. The van der Waals surface area contributed by atoms with Crippen molar-refractivity contribution in [3.05, 3.63) is 35.9 Å². The summed E-state index contributed by atoms with van der Waals surface area (Å²) in [7, 11) is 0. The molecule has 1 aromatic rings. The molecule has 0 unspecified atom stereocenters. The Balaban J connectivity index is 2.98. The summed E-state index contributed by atoms with van der Waals surface area (Å²) in [5.74, 6) is -3.09. The number of carbonyl (C=O) groups is 3. The SMILES string of the molecule is CC(C)(C)OC(=O)C(CC(=O)c1ccccc1)C(=O)OC(C)(C)C. The number of Topliss-reactive ketones (excluding diaryl/α,β-unsaturated/α-hetero) is 1. The van der Waals surface area contributed by atoms with Crippen LogP contribution in [0.2, 0.25) is 0 Å². The molecule has 0 aliphatic carbocycles. The van der Waals surface area contributed by atoms with Gasteiger partial charge in [-0.05, 0) is 41.5 Å². The van der Waals surface area contributed by atoms with Crippen LogP contribution in [0.5, 0.6) is 0 Å². The number of ketones is 1. The van der Waals surface area contributed by atoms with Gasteiger partial charge in [-0.15, -0.1) is 0 Å². The van der Waals surface area contributed by atoms with E-state index in [-0.39, 0.29) is 12.2 Å². The van der Waals surface area contributed by atoms with Crippen LogP contribution in [0.3, 0.4) is 0 Å². The van der Waals surface area contributed by atoms with Gasteiger partial charge in [0.1, 0.15) is 11.2 Å². The first kappa shape index (κ1) is 19.9. The molecule has 0 N–H and O–H groups in total. The van der Waals surface area contributed by atoms with Gasteiger partial charge in [0.25, 0.3) is 0 Å². The second-order valence-electron chi connectivity index (χ2n) is 7.61. The molecule has 1 rings (SSSR count). The number of esters is 2. The first-order valence-electron chi connectivity index (χ1n) is 7.93. The van der Waals surface area contributed by atoms with E-state index in [1.54, 1.807) is 71.9 Å². The summed E-state index contributed by atoms with van der Waals surface area (Å²) in [6.45, 7) is 10.2. The van der Waals surface area contributed by atoms with Crippen LogP contribution in [0.1, 0.15) is 58.3 Å². The number of carbonyl (C=O) groups excluding carboxylic acids is 3. The van der Waals surface area contributed by atoms with E-state index < -0.39 is 29.1 Å². The van der Waals surface area contributed by atoms with Crippen LogP contribution in [0, 0.1) is 5.92 Å². The van der Waals surface area contributed by atoms with Crippen LogP contribution < -0.4 is 0 Å². The fraction of sp³-hybridized carbons (Fsp3) is 0.526. The van der Waals surface area contributed by atoms with Crippen LogP contribution in [0.15, 0.2) is 30.3 Å². The van der Waals surface area contributed by atoms with Crippen LogP contribution in [0.4, 0.5) is 0 Å². The zero-order valence-electron chi connectivity index (χ0n) is 15.2. The van der Waals surface area contributed by atoms with Gasteiger partial charge in [0.05, 0.1) is 0 Å². The molecule has 0 amide bonds. The van der Waals surface area contributed by atoms with Gasteiger partial charge in [0.15, 0.2) is 11.7 Å². The van der Waals surface area contributed by atoms with Crippen molar-refractivity contribution in [1.82, 2.24) is 0 Å². The molecule has 0 aliphatic rings. The van der Waals surface area contributed by atoms with E-state index in [4.69, 9.17) is 9.47 Å². The maximum Gasteiger partial charge on any atom is 0.321 e. The highest BCUT2D eigenvalue weighted by molar-refractivity contribution is 6.04. The number of hydrogen-bond donors (Lipinski definition) is 0. The molecule has 0 heterocycles. The van der Waals surface area contributed by atoms with E-state index in [0.29, 0.717) is 5.56 Å². The Bertz CT molecular complexity index is 562. The van der Waals surface area contributed by atoms with Gasteiger partial charge < -0.3 is 9.47 Å². The van der Waals surface area contributed by atoms with Gasteiger partial charge in [0.2, 0.25) is 0 Å². The van der Waals surface area contributed by atoms with E-state index in [0.717, 1.165) is 0 Å². The number of hydrogen-bond acceptors (Lipinski definition) is 5. The Kier molecular flexibility index (Phi) is 6.29. The maximum atomic E-state index is 12.4. The minimum atomic E-state index is -1.28. The lowest BCUT2D eigenvalue weighted by Gasteiger charge is -2.26. The summed E-state index contributed by atoms with van der Waals surface area (Å²) in [4.78, 5) is 37.1. The predicted molar refractivity (Wildman–Crippen MR) is 90.6 cm³/mol. The first-order valence-corrected chi connectivity index (χ1v) is 7.93. The minimum Gasteiger partial charge on any atom is -0.459 e. The maximum absolute atomic E-state index is 12.4. The molecule has 5 nitrogen and oxygen atoms in total. The Morgan fingerprint density at radius 1 is 0.833 bits per heavy atom. The average Bonchev–Trinajstić information content (AvgIpc) is 2.41. The molecule has 0 fully saturated rings. The lowest BCUT2D eigenvalue weighted by atomic mass is 9.97. The quantitative estimate of drug-likeness (QED) is 0.468. The molecule has 0 saturated carbocycles. The topological polar surface area (TPSA) is 69.7 Å². The van der Waals surface area contributed by atoms with Crippen molar-refractivity contribution in [3.63, 3.8) is 0 Å². The smallest absolute Gasteiger partial charge is 0.321 e. The van der Waals surface area contributed by atoms with Gasteiger partial charge in [-0.3, -0.25) is 14.4 Å². The number of benzene rings is 1. The average molecular weight is 334 g/mol. The van der Waals surface area contributed by atoms with Gasteiger partial charge >= 0.3 is 11.9 Å². The molecule has 1 aromatic carbocycles. The third kappa shape index (κ3) is 6.94. The molecule has 24 heavy (non-hydrogen) atoms. The fourth-order valence-corrected chi connectivity index (χ4v) is 1.94. The summed E-state index contributed by atoms with van der Waals surface area (Å²) in [6, 6.07) is 8.52. The van der Waals surface area contributed by atoms with Crippen molar-refractivity contribution in [2.24, 2.45) is 5.92 Å². The van der Waals surface area contributed by atoms with Crippen LogP contribution >= 0.6 is 0 Å². The summed E-state index contributed by atoms with van der Waals surface area (Å²) >= 11 is 0. The molecule has 0 radical (unpaired) electrons. The van der Waals surface area contributed by atoms with Crippen LogP contribution in [0.25, 0.3) is 0 Å². The number of ether oxygens (including phenoxy) is 2. The molecule has 0 aliphatic heterocycles. The summed E-state index contributed by atoms with van der Waals surface area (Å²) in [5, 5.41) is 0. The van der Waals surface area contributed by atoms with E-state index in [1.807, 2.05) is 0 Å². The normalized spacial score (nSPS) is 12.0. The second-order valence-corrected chi connectivity index (χ2v) is 7.61. The van der Waals surface area contributed by atoms with Crippen molar-refractivity contribution < 1.29 is 23.9 Å². The van der Waals surface area contributed by atoms with Gasteiger partial charge in [-0.25, -0.2) is 0 Å². The molecule has 132 valence electrons. The molecule has 0 saturated heterocycles. The molecular weight excluding hydrogens is 308 g/mol. The second kappa shape index (κ2) is 7.60. The summed E-state index contributed by atoms with van der Waals surface area (Å²) in [5.41, 5.74) is -1.07.